The van der Waals surface area contributed by atoms with Crippen LogP contribution in [0.4, 0.5) is 4.39 Å². The van der Waals surface area contributed by atoms with E-state index in [9.17, 15) is 4.39 Å². The first-order valence-corrected chi connectivity index (χ1v) is 6.86. The van der Waals surface area contributed by atoms with Gasteiger partial charge in [-0.25, -0.2) is 4.39 Å². The molecule has 0 spiro atoms. The van der Waals surface area contributed by atoms with Crippen molar-refractivity contribution < 1.29 is 4.39 Å². The number of hydrazine groups is 1. The molecular formula is C13H20BrFN2. The molecule has 1 atom stereocenters. The second-order valence-electron chi connectivity index (χ2n) is 4.30. The summed E-state index contributed by atoms with van der Waals surface area (Å²) in [5.41, 5.74) is 3.48. The van der Waals surface area contributed by atoms with E-state index in [1.54, 1.807) is 6.07 Å². The summed E-state index contributed by atoms with van der Waals surface area (Å²) < 4.78 is 14.5. The molecule has 1 unspecified atom stereocenters. The van der Waals surface area contributed by atoms with Crippen LogP contribution in [0.1, 0.15) is 38.2 Å². The predicted octanol–water partition coefficient (Wildman–Crippen LogP) is 3.54. The zero-order valence-corrected chi connectivity index (χ0v) is 11.8. The Bertz CT molecular complexity index is 344. The summed E-state index contributed by atoms with van der Waals surface area (Å²) >= 11 is 3.35. The molecule has 0 saturated heterocycles. The maximum absolute atomic E-state index is 13.6. The topological polar surface area (TPSA) is 38.0 Å². The van der Waals surface area contributed by atoms with Crippen molar-refractivity contribution in [3.63, 3.8) is 0 Å². The van der Waals surface area contributed by atoms with Gasteiger partial charge in [0.25, 0.3) is 0 Å². The minimum atomic E-state index is -0.163. The third kappa shape index (κ3) is 5.15. The van der Waals surface area contributed by atoms with Crippen molar-refractivity contribution in [1.82, 2.24) is 5.43 Å². The molecule has 17 heavy (non-hydrogen) atoms. The van der Waals surface area contributed by atoms with Crippen molar-refractivity contribution >= 4 is 15.9 Å². The number of nitrogens with one attached hydrogen (secondary N) is 1. The van der Waals surface area contributed by atoms with Crippen molar-refractivity contribution in [2.75, 3.05) is 0 Å². The van der Waals surface area contributed by atoms with Crippen LogP contribution in [0.15, 0.2) is 22.7 Å². The normalized spacial score (nSPS) is 12.7. The highest BCUT2D eigenvalue weighted by molar-refractivity contribution is 9.10. The molecule has 0 aliphatic heterocycles. The largest absolute Gasteiger partial charge is 0.271 e. The van der Waals surface area contributed by atoms with Crippen molar-refractivity contribution in [3.05, 3.63) is 34.1 Å². The highest BCUT2D eigenvalue weighted by atomic mass is 79.9. The number of hydrogen-bond donors (Lipinski definition) is 2. The first kappa shape index (κ1) is 14.6. The van der Waals surface area contributed by atoms with Crippen LogP contribution >= 0.6 is 15.9 Å². The average Bonchev–Trinajstić information content (AvgIpc) is 2.32. The zero-order chi connectivity index (χ0) is 12.7. The molecule has 0 aliphatic carbocycles. The highest BCUT2D eigenvalue weighted by Gasteiger charge is 2.11. The second-order valence-corrected chi connectivity index (χ2v) is 5.21. The average molecular weight is 303 g/mol. The van der Waals surface area contributed by atoms with E-state index in [2.05, 4.69) is 28.3 Å². The van der Waals surface area contributed by atoms with Gasteiger partial charge in [-0.05, 0) is 36.6 Å². The smallest absolute Gasteiger partial charge is 0.126 e. The maximum atomic E-state index is 13.6. The van der Waals surface area contributed by atoms with Crippen LogP contribution in [-0.4, -0.2) is 6.04 Å². The minimum absolute atomic E-state index is 0.144. The third-order valence-electron chi connectivity index (χ3n) is 2.87. The van der Waals surface area contributed by atoms with Crippen LogP contribution in [0, 0.1) is 5.82 Å². The first-order chi connectivity index (χ1) is 8.17. The molecule has 3 N–H and O–H groups in total. The Hall–Kier alpha value is -0.450. The summed E-state index contributed by atoms with van der Waals surface area (Å²) in [5, 5.41) is 0. The molecule has 4 heteroatoms. The van der Waals surface area contributed by atoms with Gasteiger partial charge in [-0.1, -0.05) is 42.1 Å². The summed E-state index contributed by atoms with van der Waals surface area (Å²) in [6.45, 7) is 2.17. The lowest BCUT2D eigenvalue weighted by Gasteiger charge is -2.16. The lowest BCUT2D eigenvalue weighted by atomic mass is 10.0. The molecule has 0 radical (unpaired) electrons. The second kappa shape index (κ2) is 7.80. The van der Waals surface area contributed by atoms with Crippen LogP contribution in [0.25, 0.3) is 0 Å². The molecule has 0 saturated carbocycles. The Kier molecular flexibility index (Phi) is 6.70. The number of nitrogens with two attached hydrogens (primary N) is 1. The Balaban J connectivity index is 2.57. The molecule has 0 amide bonds. The molecule has 1 rings (SSSR count). The van der Waals surface area contributed by atoms with Gasteiger partial charge in [0.15, 0.2) is 0 Å². The number of halogens is 2. The molecular weight excluding hydrogens is 283 g/mol. The van der Waals surface area contributed by atoms with Gasteiger partial charge >= 0.3 is 0 Å². The molecule has 2 nitrogen and oxygen atoms in total. The van der Waals surface area contributed by atoms with Gasteiger partial charge in [-0.15, -0.1) is 0 Å². The molecule has 0 fully saturated rings. The van der Waals surface area contributed by atoms with Gasteiger partial charge in [0.05, 0.1) is 0 Å². The zero-order valence-electron chi connectivity index (χ0n) is 10.2. The third-order valence-corrected chi connectivity index (χ3v) is 3.36. The van der Waals surface area contributed by atoms with Crippen molar-refractivity contribution in [2.45, 2.75) is 45.1 Å². The first-order valence-electron chi connectivity index (χ1n) is 6.07. The van der Waals surface area contributed by atoms with Gasteiger partial charge in [0.1, 0.15) is 5.82 Å². The quantitative estimate of drug-likeness (QED) is 0.459. The molecule has 0 bridgehead atoms. The van der Waals surface area contributed by atoms with E-state index in [0.29, 0.717) is 12.0 Å². The van der Waals surface area contributed by atoms with Gasteiger partial charge in [-0.2, -0.15) is 0 Å². The number of hydrogen-bond acceptors (Lipinski definition) is 2. The fraction of sp³-hybridized carbons (Fsp3) is 0.538. The summed E-state index contributed by atoms with van der Waals surface area (Å²) in [7, 11) is 0. The fourth-order valence-electron chi connectivity index (χ4n) is 1.85. The Labute approximate surface area is 111 Å². The molecule has 0 aliphatic rings. The van der Waals surface area contributed by atoms with E-state index in [-0.39, 0.29) is 11.9 Å². The highest BCUT2D eigenvalue weighted by Crippen LogP contribution is 2.18. The standard InChI is InChI=1S/C13H20BrFN2/c1-2-3-4-5-12(17-16)9-10-8-11(14)6-7-13(10)15/h6-8,12,17H,2-5,9,16H2,1H3. The Morgan fingerprint density at radius 3 is 2.82 bits per heavy atom. The number of rotatable bonds is 7. The van der Waals surface area contributed by atoms with E-state index in [1.165, 1.54) is 18.9 Å². The van der Waals surface area contributed by atoms with Crippen molar-refractivity contribution in [2.24, 2.45) is 5.84 Å². The lowest BCUT2D eigenvalue weighted by Crippen LogP contribution is -2.36. The van der Waals surface area contributed by atoms with E-state index >= 15 is 0 Å². The van der Waals surface area contributed by atoms with Gasteiger partial charge in [-0.3, -0.25) is 11.3 Å². The van der Waals surface area contributed by atoms with E-state index in [0.717, 1.165) is 17.3 Å². The summed E-state index contributed by atoms with van der Waals surface area (Å²) in [6.07, 6.45) is 5.12. The number of benzene rings is 1. The monoisotopic (exact) mass is 302 g/mol. The van der Waals surface area contributed by atoms with Gasteiger partial charge in [0.2, 0.25) is 0 Å². The minimum Gasteiger partial charge on any atom is -0.271 e. The van der Waals surface area contributed by atoms with E-state index in [1.807, 2.05) is 6.07 Å². The lowest BCUT2D eigenvalue weighted by molar-refractivity contribution is 0.458. The summed E-state index contributed by atoms with van der Waals surface area (Å²) in [4.78, 5) is 0. The predicted molar refractivity (Wildman–Crippen MR) is 73.1 cm³/mol. The summed E-state index contributed by atoms with van der Waals surface area (Å²) in [6, 6.07) is 5.16. The SMILES string of the molecule is CCCCCC(Cc1cc(Br)ccc1F)NN. The fourth-order valence-corrected chi connectivity index (χ4v) is 2.26. The molecule has 0 aromatic heterocycles. The van der Waals surface area contributed by atoms with Gasteiger partial charge < -0.3 is 0 Å². The Morgan fingerprint density at radius 2 is 2.18 bits per heavy atom. The molecule has 1 aromatic rings. The van der Waals surface area contributed by atoms with Crippen LogP contribution in [0.3, 0.4) is 0 Å². The number of unbranched alkanes of at least 4 members (excludes halogenated alkanes) is 2. The van der Waals surface area contributed by atoms with Crippen LogP contribution in [0.5, 0.6) is 0 Å². The molecule has 96 valence electrons. The van der Waals surface area contributed by atoms with Gasteiger partial charge in [0, 0.05) is 10.5 Å². The Morgan fingerprint density at radius 1 is 1.41 bits per heavy atom. The van der Waals surface area contributed by atoms with E-state index in [4.69, 9.17) is 5.84 Å². The molecule has 0 heterocycles. The molecule has 1 aromatic carbocycles. The van der Waals surface area contributed by atoms with Crippen molar-refractivity contribution in [3.8, 4) is 0 Å². The van der Waals surface area contributed by atoms with E-state index < -0.39 is 0 Å². The van der Waals surface area contributed by atoms with Crippen LogP contribution in [-0.2, 0) is 6.42 Å². The van der Waals surface area contributed by atoms with Crippen LogP contribution in [0.2, 0.25) is 0 Å². The van der Waals surface area contributed by atoms with Crippen LogP contribution < -0.4 is 11.3 Å². The summed E-state index contributed by atoms with van der Waals surface area (Å²) in [5.74, 6) is 5.34. The van der Waals surface area contributed by atoms with Crippen molar-refractivity contribution in [1.29, 1.82) is 0 Å². The maximum Gasteiger partial charge on any atom is 0.126 e.